The topological polar surface area (TPSA) is 75.3 Å². The first-order valence-corrected chi connectivity index (χ1v) is 9.16. The lowest BCUT2D eigenvalue weighted by atomic mass is 10.1. The Bertz CT molecular complexity index is 943. The molecule has 0 atom stereocenters. The average molecular weight is 380 g/mol. The standard InChI is InChI=1S/C18H18F2N2O3S/c1-3-8-22-26(24,25)17-10-14(6-7-15(17)19)18(23)21-11-13-5-4-12(2)16(20)9-13/h3-7,9-10,22H,1,8,11H2,2H3,(H,21,23). The van der Waals surface area contributed by atoms with Gasteiger partial charge in [0.25, 0.3) is 5.91 Å². The highest BCUT2D eigenvalue weighted by Crippen LogP contribution is 2.17. The molecule has 0 radical (unpaired) electrons. The minimum Gasteiger partial charge on any atom is -0.348 e. The Balaban J connectivity index is 2.17. The van der Waals surface area contributed by atoms with E-state index in [0.29, 0.717) is 11.1 Å². The molecule has 2 aromatic carbocycles. The second-order valence-corrected chi connectivity index (χ2v) is 7.29. The summed E-state index contributed by atoms with van der Waals surface area (Å²) in [4.78, 5) is 11.6. The molecule has 26 heavy (non-hydrogen) atoms. The van der Waals surface area contributed by atoms with Gasteiger partial charge >= 0.3 is 0 Å². The zero-order chi connectivity index (χ0) is 19.3. The molecule has 0 aliphatic rings. The van der Waals surface area contributed by atoms with Crippen molar-refractivity contribution in [2.75, 3.05) is 6.54 Å². The van der Waals surface area contributed by atoms with Crippen LogP contribution in [0.4, 0.5) is 8.78 Å². The van der Waals surface area contributed by atoms with Crippen LogP contribution in [0.2, 0.25) is 0 Å². The van der Waals surface area contributed by atoms with Crippen molar-refractivity contribution in [3.63, 3.8) is 0 Å². The highest BCUT2D eigenvalue weighted by Gasteiger charge is 2.20. The zero-order valence-corrected chi connectivity index (χ0v) is 14.9. The van der Waals surface area contributed by atoms with Gasteiger partial charge in [0.1, 0.15) is 16.5 Å². The van der Waals surface area contributed by atoms with Crippen molar-refractivity contribution < 1.29 is 22.0 Å². The third-order valence-electron chi connectivity index (χ3n) is 3.59. The highest BCUT2D eigenvalue weighted by molar-refractivity contribution is 7.89. The Morgan fingerprint density at radius 2 is 1.88 bits per heavy atom. The van der Waals surface area contributed by atoms with E-state index >= 15 is 0 Å². The molecule has 1 amide bonds. The number of aryl methyl sites for hydroxylation is 1. The summed E-state index contributed by atoms with van der Waals surface area (Å²) in [5, 5.41) is 2.54. The Hall–Kier alpha value is -2.58. The second kappa shape index (κ2) is 8.20. The van der Waals surface area contributed by atoms with Crippen LogP contribution in [0.15, 0.2) is 53.9 Å². The van der Waals surface area contributed by atoms with E-state index < -0.39 is 26.6 Å². The van der Waals surface area contributed by atoms with E-state index in [4.69, 9.17) is 0 Å². The summed E-state index contributed by atoms with van der Waals surface area (Å²) in [6, 6.07) is 7.58. The van der Waals surface area contributed by atoms with E-state index in [-0.39, 0.29) is 24.5 Å². The lowest BCUT2D eigenvalue weighted by Gasteiger charge is -2.10. The fourth-order valence-corrected chi connectivity index (χ4v) is 3.23. The van der Waals surface area contributed by atoms with Gasteiger partial charge in [-0.25, -0.2) is 21.9 Å². The lowest BCUT2D eigenvalue weighted by Crippen LogP contribution is -2.26. The number of sulfonamides is 1. The van der Waals surface area contributed by atoms with Crippen molar-refractivity contribution in [1.29, 1.82) is 0 Å². The van der Waals surface area contributed by atoms with Crippen LogP contribution < -0.4 is 10.0 Å². The molecule has 0 aliphatic heterocycles. The summed E-state index contributed by atoms with van der Waals surface area (Å²) < 4.78 is 53.7. The summed E-state index contributed by atoms with van der Waals surface area (Å²) in [6.07, 6.45) is 1.31. The summed E-state index contributed by atoms with van der Waals surface area (Å²) in [7, 11) is -4.11. The number of amides is 1. The van der Waals surface area contributed by atoms with Crippen molar-refractivity contribution in [2.45, 2.75) is 18.4 Å². The van der Waals surface area contributed by atoms with Gasteiger partial charge < -0.3 is 5.32 Å². The molecular formula is C18H18F2N2O3S. The molecule has 5 nitrogen and oxygen atoms in total. The maximum absolute atomic E-state index is 13.9. The summed E-state index contributed by atoms with van der Waals surface area (Å²) >= 11 is 0. The van der Waals surface area contributed by atoms with Crippen LogP contribution in [0.25, 0.3) is 0 Å². The van der Waals surface area contributed by atoms with Crippen LogP contribution in [0, 0.1) is 18.6 Å². The van der Waals surface area contributed by atoms with Crippen molar-refractivity contribution in [3.05, 3.63) is 77.4 Å². The van der Waals surface area contributed by atoms with Crippen LogP contribution >= 0.6 is 0 Å². The van der Waals surface area contributed by atoms with E-state index in [1.165, 1.54) is 18.2 Å². The molecule has 0 heterocycles. The third-order valence-corrected chi connectivity index (χ3v) is 5.03. The van der Waals surface area contributed by atoms with E-state index in [9.17, 15) is 22.0 Å². The van der Waals surface area contributed by atoms with Gasteiger partial charge in [-0.05, 0) is 42.3 Å². The smallest absolute Gasteiger partial charge is 0.251 e. The molecule has 0 aromatic heterocycles. The van der Waals surface area contributed by atoms with Crippen molar-refractivity contribution in [3.8, 4) is 0 Å². The van der Waals surface area contributed by atoms with Crippen LogP contribution in [-0.2, 0) is 16.6 Å². The number of rotatable bonds is 7. The van der Waals surface area contributed by atoms with E-state index in [1.807, 2.05) is 0 Å². The van der Waals surface area contributed by atoms with E-state index in [1.54, 1.807) is 19.1 Å². The third kappa shape index (κ3) is 4.74. The average Bonchev–Trinajstić information content (AvgIpc) is 2.61. The molecule has 2 N–H and O–H groups in total. The molecule has 0 saturated heterocycles. The first kappa shape index (κ1) is 19.7. The molecule has 2 rings (SSSR count). The molecule has 138 valence electrons. The second-order valence-electron chi connectivity index (χ2n) is 5.55. The molecule has 0 bridgehead atoms. The number of hydrogen-bond acceptors (Lipinski definition) is 3. The van der Waals surface area contributed by atoms with Crippen LogP contribution in [-0.4, -0.2) is 20.9 Å². The van der Waals surface area contributed by atoms with Gasteiger partial charge in [0.2, 0.25) is 10.0 Å². The Labute approximate surface area is 150 Å². The number of nitrogens with one attached hydrogen (secondary N) is 2. The van der Waals surface area contributed by atoms with Crippen LogP contribution in [0.1, 0.15) is 21.5 Å². The fourth-order valence-electron chi connectivity index (χ4n) is 2.13. The predicted molar refractivity (Wildman–Crippen MR) is 94.1 cm³/mol. The van der Waals surface area contributed by atoms with Gasteiger partial charge in [-0.2, -0.15) is 0 Å². The van der Waals surface area contributed by atoms with Crippen molar-refractivity contribution in [2.24, 2.45) is 0 Å². The summed E-state index contributed by atoms with van der Waals surface area (Å²) in [6.45, 7) is 4.98. The normalized spacial score (nSPS) is 11.2. The zero-order valence-electron chi connectivity index (χ0n) is 14.1. The quantitative estimate of drug-likeness (QED) is 0.725. The molecule has 2 aromatic rings. The Morgan fingerprint density at radius 3 is 2.54 bits per heavy atom. The SMILES string of the molecule is C=CCNS(=O)(=O)c1cc(C(=O)NCc2ccc(C)c(F)c2)ccc1F. The van der Waals surface area contributed by atoms with Gasteiger partial charge in [-0.15, -0.1) is 6.58 Å². The Kier molecular flexibility index (Phi) is 6.23. The molecule has 0 unspecified atom stereocenters. The van der Waals surface area contributed by atoms with Gasteiger partial charge in [0.15, 0.2) is 0 Å². The first-order valence-electron chi connectivity index (χ1n) is 7.68. The van der Waals surface area contributed by atoms with Gasteiger partial charge in [-0.3, -0.25) is 4.79 Å². The number of hydrogen-bond donors (Lipinski definition) is 2. The molecule has 8 heteroatoms. The summed E-state index contributed by atoms with van der Waals surface area (Å²) in [5.41, 5.74) is 1.00. The lowest BCUT2D eigenvalue weighted by molar-refractivity contribution is 0.0950. The molecule has 0 fully saturated rings. The highest BCUT2D eigenvalue weighted by atomic mass is 32.2. The summed E-state index contributed by atoms with van der Waals surface area (Å²) in [5.74, 6) is -1.97. The minimum absolute atomic E-state index is 0.0297. The largest absolute Gasteiger partial charge is 0.348 e. The number of carbonyl (C=O) groups excluding carboxylic acids is 1. The molecule has 0 saturated carbocycles. The number of carbonyl (C=O) groups is 1. The van der Waals surface area contributed by atoms with Crippen molar-refractivity contribution in [1.82, 2.24) is 10.0 Å². The van der Waals surface area contributed by atoms with Crippen LogP contribution in [0.3, 0.4) is 0 Å². The molecular weight excluding hydrogens is 362 g/mol. The Morgan fingerprint density at radius 1 is 1.15 bits per heavy atom. The number of benzene rings is 2. The van der Waals surface area contributed by atoms with E-state index in [0.717, 1.165) is 12.1 Å². The predicted octanol–water partition coefficient (Wildman–Crippen LogP) is 2.67. The monoisotopic (exact) mass is 380 g/mol. The van der Waals surface area contributed by atoms with Crippen molar-refractivity contribution >= 4 is 15.9 Å². The van der Waals surface area contributed by atoms with Gasteiger partial charge in [0.05, 0.1) is 0 Å². The maximum Gasteiger partial charge on any atom is 0.251 e. The van der Waals surface area contributed by atoms with Gasteiger partial charge in [0, 0.05) is 18.7 Å². The maximum atomic E-state index is 13.9. The fraction of sp³-hybridized carbons (Fsp3) is 0.167. The van der Waals surface area contributed by atoms with E-state index in [2.05, 4.69) is 16.6 Å². The molecule has 0 spiro atoms. The first-order chi connectivity index (χ1) is 12.2. The van der Waals surface area contributed by atoms with Crippen LogP contribution in [0.5, 0.6) is 0 Å². The van der Waals surface area contributed by atoms with Gasteiger partial charge in [-0.1, -0.05) is 18.2 Å². The number of halogens is 2. The molecule has 0 aliphatic carbocycles. The minimum atomic E-state index is -4.11.